The van der Waals surface area contributed by atoms with Crippen LogP contribution in [0.1, 0.15) is 28.7 Å². The first kappa shape index (κ1) is 16.2. The molecule has 118 valence electrons. The SMILES string of the molecule is CNC(C)CNC(=O)c1ccc(-n2nc(C)cc2C)c(F)c1. The van der Waals surface area contributed by atoms with Crippen LogP contribution in [0, 0.1) is 19.7 Å². The van der Waals surface area contributed by atoms with Gasteiger partial charge in [0.25, 0.3) is 5.91 Å². The number of carbonyl (C=O) groups excluding carboxylic acids is 1. The first-order valence-corrected chi connectivity index (χ1v) is 7.21. The third kappa shape index (κ3) is 3.51. The summed E-state index contributed by atoms with van der Waals surface area (Å²) in [6.07, 6.45) is 0. The lowest BCUT2D eigenvalue weighted by atomic mass is 10.1. The van der Waals surface area contributed by atoms with Crippen LogP contribution in [-0.2, 0) is 0 Å². The van der Waals surface area contributed by atoms with Crippen LogP contribution >= 0.6 is 0 Å². The molecule has 2 N–H and O–H groups in total. The van der Waals surface area contributed by atoms with Crippen molar-refractivity contribution in [3.05, 3.63) is 47.0 Å². The van der Waals surface area contributed by atoms with Crippen LogP contribution in [0.15, 0.2) is 24.3 Å². The molecule has 0 aliphatic heterocycles. The average molecular weight is 304 g/mol. The van der Waals surface area contributed by atoms with Crippen molar-refractivity contribution in [2.45, 2.75) is 26.8 Å². The molecule has 0 saturated carbocycles. The number of likely N-dealkylation sites (N-methyl/N-ethyl adjacent to an activating group) is 1. The van der Waals surface area contributed by atoms with Crippen molar-refractivity contribution in [2.75, 3.05) is 13.6 Å². The molecule has 22 heavy (non-hydrogen) atoms. The molecule has 2 rings (SSSR count). The molecule has 6 heteroatoms. The van der Waals surface area contributed by atoms with Gasteiger partial charge in [-0.05, 0) is 52.1 Å². The number of aromatic nitrogens is 2. The number of rotatable bonds is 5. The summed E-state index contributed by atoms with van der Waals surface area (Å²) in [5.74, 6) is -0.763. The Kier molecular flexibility index (Phi) is 4.92. The van der Waals surface area contributed by atoms with Crippen molar-refractivity contribution in [1.29, 1.82) is 0 Å². The van der Waals surface area contributed by atoms with Gasteiger partial charge >= 0.3 is 0 Å². The van der Waals surface area contributed by atoms with Gasteiger partial charge in [0.1, 0.15) is 11.5 Å². The van der Waals surface area contributed by atoms with E-state index in [1.165, 1.54) is 10.7 Å². The van der Waals surface area contributed by atoms with Crippen molar-refractivity contribution < 1.29 is 9.18 Å². The minimum Gasteiger partial charge on any atom is -0.350 e. The van der Waals surface area contributed by atoms with Crippen LogP contribution in [0.5, 0.6) is 0 Å². The average Bonchev–Trinajstić information content (AvgIpc) is 2.82. The van der Waals surface area contributed by atoms with Gasteiger partial charge in [-0.2, -0.15) is 5.10 Å². The number of hydrogen-bond acceptors (Lipinski definition) is 3. The Morgan fingerprint density at radius 3 is 2.64 bits per heavy atom. The Morgan fingerprint density at radius 2 is 2.09 bits per heavy atom. The van der Waals surface area contributed by atoms with Gasteiger partial charge in [-0.25, -0.2) is 9.07 Å². The Balaban J connectivity index is 2.19. The maximum Gasteiger partial charge on any atom is 0.251 e. The van der Waals surface area contributed by atoms with Crippen LogP contribution in [-0.4, -0.2) is 35.3 Å². The quantitative estimate of drug-likeness (QED) is 0.888. The first-order chi connectivity index (χ1) is 10.4. The number of carbonyl (C=O) groups is 1. The topological polar surface area (TPSA) is 58.9 Å². The standard InChI is InChI=1S/C16H21FN4O/c1-10-7-12(3)21(20-10)15-6-5-13(8-14(15)17)16(22)19-9-11(2)18-4/h5-8,11,18H,9H2,1-4H3,(H,19,22). The number of nitrogens with one attached hydrogen (secondary N) is 2. The number of aryl methyl sites for hydroxylation is 2. The maximum atomic E-state index is 14.3. The Hall–Kier alpha value is -2.21. The van der Waals surface area contributed by atoms with Gasteiger partial charge in [-0.1, -0.05) is 0 Å². The first-order valence-electron chi connectivity index (χ1n) is 7.21. The molecule has 1 aromatic heterocycles. The molecule has 1 aromatic carbocycles. The van der Waals surface area contributed by atoms with Gasteiger partial charge < -0.3 is 10.6 Å². The Labute approximate surface area is 129 Å². The number of benzene rings is 1. The zero-order chi connectivity index (χ0) is 16.3. The second-order valence-electron chi connectivity index (χ2n) is 5.40. The number of nitrogens with zero attached hydrogens (tertiary/aromatic N) is 2. The molecule has 0 fully saturated rings. The Morgan fingerprint density at radius 1 is 1.36 bits per heavy atom. The lowest BCUT2D eigenvalue weighted by molar-refractivity contribution is 0.0950. The highest BCUT2D eigenvalue weighted by Crippen LogP contribution is 2.17. The second kappa shape index (κ2) is 6.70. The minimum atomic E-state index is -0.472. The van der Waals surface area contributed by atoms with E-state index in [0.29, 0.717) is 17.8 Å². The molecule has 1 unspecified atom stereocenters. The van der Waals surface area contributed by atoms with E-state index in [-0.39, 0.29) is 11.9 Å². The molecule has 0 aliphatic carbocycles. The van der Waals surface area contributed by atoms with Gasteiger partial charge in [0.15, 0.2) is 0 Å². The van der Waals surface area contributed by atoms with E-state index in [4.69, 9.17) is 0 Å². The highest BCUT2D eigenvalue weighted by molar-refractivity contribution is 5.94. The van der Waals surface area contributed by atoms with E-state index in [1.54, 1.807) is 12.1 Å². The predicted octanol–water partition coefficient (Wildman–Crippen LogP) is 1.97. The maximum absolute atomic E-state index is 14.3. The van der Waals surface area contributed by atoms with Gasteiger partial charge in [0.2, 0.25) is 0 Å². The molecular formula is C16H21FN4O. The molecule has 0 aliphatic rings. The van der Waals surface area contributed by atoms with Crippen molar-refractivity contribution in [3.63, 3.8) is 0 Å². The van der Waals surface area contributed by atoms with Crippen molar-refractivity contribution in [3.8, 4) is 5.69 Å². The van der Waals surface area contributed by atoms with Gasteiger partial charge in [0, 0.05) is 23.8 Å². The van der Waals surface area contributed by atoms with Crippen molar-refractivity contribution in [2.24, 2.45) is 0 Å². The third-order valence-electron chi connectivity index (χ3n) is 3.51. The zero-order valence-electron chi connectivity index (χ0n) is 13.3. The summed E-state index contributed by atoms with van der Waals surface area (Å²) in [6.45, 7) is 6.15. The van der Waals surface area contributed by atoms with Crippen LogP contribution in [0.3, 0.4) is 0 Å². The lowest BCUT2D eigenvalue weighted by Gasteiger charge is -2.12. The number of hydrogen-bond donors (Lipinski definition) is 2. The second-order valence-corrected chi connectivity index (χ2v) is 5.40. The zero-order valence-corrected chi connectivity index (χ0v) is 13.3. The molecule has 0 spiro atoms. The van der Waals surface area contributed by atoms with Crippen molar-refractivity contribution in [1.82, 2.24) is 20.4 Å². The fourth-order valence-corrected chi connectivity index (χ4v) is 2.14. The summed E-state index contributed by atoms with van der Waals surface area (Å²) < 4.78 is 15.8. The monoisotopic (exact) mass is 304 g/mol. The predicted molar refractivity (Wildman–Crippen MR) is 83.9 cm³/mol. The lowest BCUT2D eigenvalue weighted by Crippen LogP contribution is -2.37. The van der Waals surface area contributed by atoms with E-state index < -0.39 is 5.82 Å². The van der Waals surface area contributed by atoms with E-state index in [2.05, 4.69) is 15.7 Å². The van der Waals surface area contributed by atoms with Crippen molar-refractivity contribution >= 4 is 5.91 Å². The summed E-state index contributed by atoms with van der Waals surface area (Å²) in [6, 6.07) is 6.45. The molecule has 1 atom stereocenters. The molecule has 0 saturated heterocycles. The molecule has 5 nitrogen and oxygen atoms in total. The summed E-state index contributed by atoms with van der Waals surface area (Å²) in [4.78, 5) is 12.0. The van der Waals surface area contributed by atoms with E-state index in [9.17, 15) is 9.18 Å². The molecular weight excluding hydrogens is 283 g/mol. The van der Waals surface area contributed by atoms with Crippen LogP contribution < -0.4 is 10.6 Å². The molecule has 1 heterocycles. The fourth-order valence-electron chi connectivity index (χ4n) is 2.14. The normalized spacial score (nSPS) is 12.2. The summed E-state index contributed by atoms with van der Waals surface area (Å²) in [5.41, 5.74) is 2.30. The van der Waals surface area contributed by atoms with Gasteiger partial charge in [0.05, 0.1) is 5.69 Å². The molecule has 1 amide bonds. The summed E-state index contributed by atoms with van der Waals surface area (Å²) in [5, 5.41) is 10.0. The number of halogens is 1. The molecule has 0 radical (unpaired) electrons. The van der Waals surface area contributed by atoms with E-state index in [1.807, 2.05) is 33.9 Å². The summed E-state index contributed by atoms with van der Waals surface area (Å²) >= 11 is 0. The van der Waals surface area contributed by atoms with E-state index in [0.717, 1.165) is 11.4 Å². The van der Waals surface area contributed by atoms with Gasteiger partial charge in [-0.15, -0.1) is 0 Å². The van der Waals surface area contributed by atoms with E-state index >= 15 is 0 Å². The largest absolute Gasteiger partial charge is 0.350 e. The molecule has 0 bridgehead atoms. The van der Waals surface area contributed by atoms with Crippen LogP contribution in [0.4, 0.5) is 4.39 Å². The smallest absolute Gasteiger partial charge is 0.251 e. The van der Waals surface area contributed by atoms with Crippen LogP contribution in [0.25, 0.3) is 5.69 Å². The Bertz CT molecular complexity index is 681. The summed E-state index contributed by atoms with van der Waals surface area (Å²) in [7, 11) is 1.82. The minimum absolute atomic E-state index is 0.155. The number of amides is 1. The highest BCUT2D eigenvalue weighted by Gasteiger charge is 2.13. The van der Waals surface area contributed by atoms with Crippen LogP contribution in [0.2, 0.25) is 0 Å². The molecule has 2 aromatic rings. The third-order valence-corrected chi connectivity index (χ3v) is 3.51. The highest BCUT2D eigenvalue weighted by atomic mass is 19.1. The van der Waals surface area contributed by atoms with Gasteiger partial charge in [-0.3, -0.25) is 4.79 Å². The fraction of sp³-hybridized carbons (Fsp3) is 0.375.